The van der Waals surface area contributed by atoms with E-state index in [1.807, 2.05) is 48.8 Å². The molecule has 0 N–H and O–H groups in total. The molecule has 0 radical (unpaired) electrons. The standard InChI is InChI=1S/C48H52N6O4/c1-5-29-27-53-21-17-31(29)23-43(53)45(35-15-19-49-41-13-11-33(55-3)25-39(35)41)57-47-37-9-7-8-10-38(37)48(52-51-47)58-46(44-24-32-18-22-54(44)28-30(32)6-2)36-16-20-50-42-14-12-34(56-4)26-40(36)42/h5,7-16,19-20,25-26,29-32,43-46H,1,6,17-18,21-24,27-28H2,2-4H3/t29-,30-,31-,32-,43+,44+,45?,46?/m0/s1. The Morgan fingerprint density at radius 1 is 0.690 bits per heavy atom. The van der Waals surface area contributed by atoms with Crippen molar-refractivity contribution in [3.8, 4) is 23.3 Å². The highest BCUT2D eigenvalue weighted by molar-refractivity contribution is 5.91. The van der Waals surface area contributed by atoms with Crippen LogP contribution in [0.2, 0.25) is 0 Å². The van der Waals surface area contributed by atoms with Crippen LogP contribution in [0, 0.1) is 23.7 Å². The Kier molecular flexibility index (Phi) is 9.85. The van der Waals surface area contributed by atoms with Gasteiger partial charge in [0.2, 0.25) is 11.8 Å². The molecule has 6 saturated heterocycles. The second-order valence-corrected chi connectivity index (χ2v) is 16.8. The van der Waals surface area contributed by atoms with Crippen molar-refractivity contribution in [2.75, 3.05) is 40.4 Å². The Morgan fingerprint density at radius 2 is 1.22 bits per heavy atom. The summed E-state index contributed by atoms with van der Waals surface area (Å²) in [5.41, 5.74) is 3.96. The van der Waals surface area contributed by atoms with Crippen molar-refractivity contribution in [2.24, 2.45) is 23.7 Å². The molecule has 10 nitrogen and oxygen atoms in total. The van der Waals surface area contributed by atoms with Crippen molar-refractivity contribution in [2.45, 2.75) is 63.3 Å². The van der Waals surface area contributed by atoms with Crippen LogP contribution in [0.25, 0.3) is 32.6 Å². The summed E-state index contributed by atoms with van der Waals surface area (Å²) in [7, 11) is 3.41. The molecule has 0 saturated carbocycles. The molecule has 4 unspecified atom stereocenters. The van der Waals surface area contributed by atoms with E-state index in [1.165, 1.54) is 19.3 Å². The van der Waals surface area contributed by atoms with E-state index in [2.05, 4.69) is 65.8 Å². The number of pyridine rings is 2. The van der Waals surface area contributed by atoms with E-state index < -0.39 is 0 Å². The monoisotopic (exact) mass is 776 g/mol. The Labute approximate surface area is 340 Å². The van der Waals surface area contributed by atoms with Crippen molar-refractivity contribution in [1.82, 2.24) is 30.0 Å². The van der Waals surface area contributed by atoms with E-state index in [0.717, 1.165) is 94.2 Å². The Balaban J connectivity index is 1.06. The number of hydrogen-bond donors (Lipinski definition) is 0. The third-order valence-electron chi connectivity index (χ3n) is 14.0. The van der Waals surface area contributed by atoms with Crippen molar-refractivity contribution in [1.29, 1.82) is 0 Å². The number of rotatable bonds is 12. The summed E-state index contributed by atoms with van der Waals surface area (Å²) < 4.78 is 26.0. The van der Waals surface area contributed by atoms with Crippen LogP contribution in [-0.2, 0) is 0 Å². The highest BCUT2D eigenvalue weighted by Crippen LogP contribution is 2.47. The average Bonchev–Trinajstić information content (AvgIpc) is 3.29. The Morgan fingerprint density at radius 3 is 1.69 bits per heavy atom. The van der Waals surface area contributed by atoms with Crippen LogP contribution in [0.5, 0.6) is 23.3 Å². The first-order valence-electron chi connectivity index (χ1n) is 21.1. The van der Waals surface area contributed by atoms with Gasteiger partial charge in [0, 0.05) is 47.4 Å². The third kappa shape index (κ3) is 6.50. The summed E-state index contributed by atoms with van der Waals surface area (Å²) in [6, 6.07) is 24.9. The molecular weight excluding hydrogens is 725 g/mol. The maximum atomic E-state index is 7.29. The first-order valence-corrected chi connectivity index (χ1v) is 21.1. The van der Waals surface area contributed by atoms with E-state index >= 15 is 0 Å². The molecule has 298 valence electrons. The van der Waals surface area contributed by atoms with Gasteiger partial charge in [-0.3, -0.25) is 19.8 Å². The van der Waals surface area contributed by atoms with Gasteiger partial charge in [-0.25, -0.2) is 0 Å². The zero-order valence-corrected chi connectivity index (χ0v) is 33.7. The fourth-order valence-electron chi connectivity index (χ4n) is 10.9. The third-order valence-corrected chi connectivity index (χ3v) is 14.0. The lowest BCUT2D eigenvalue weighted by atomic mass is 9.72. The molecule has 58 heavy (non-hydrogen) atoms. The van der Waals surface area contributed by atoms with Gasteiger partial charge in [-0.05, 0) is 123 Å². The van der Waals surface area contributed by atoms with Gasteiger partial charge >= 0.3 is 0 Å². The maximum absolute atomic E-state index is 7.29. The van der Waals surface area contributed by atoms with Crippen molar-refractivity contribution < 1.29 is 18.9 Å². The van der Waals surface area contributed by atoms with Crippen LogP contribution >= 0.6 is 0 Å². The van der Waals surface area contributed by atoms with Crippen LogP contribution in [0.1, 0.15) is 62.4 Å². The molecular formula is C48H52N6O4. The lowest BCUT2D eigenvalue weighted by molar-refractivity contribution is -0.0493. The fraction of sp³-hybridized carbons (Fsp3) is 0.417. The molecule has 9 heterocycles. The van der Waals surface area contributed by atoms with Gasteiger partial charge in [-0.1, -0.05) is 31.6 Å². The minimum Gasteiger partial charge on any atom is -0.497 e. The van der Waals surface area contributed by atoms with Crippen LogP contribution < -0.4 is 18.9 Å². The molecule has 6 fully saturated rings. The largest absolute Gasteiger partial charge is 0.497 e. The van der Waals surface area contributed by atoms with E-state index in [0.29, 0.717) is 35.4 Å². The summed E-state index contributed by atoms with van der Waals surface area (Å²) in [5, 5.41) is 13.6. The summed E-state index contributed by atoms with van der Waals surface area (Å²) in [6.45, 7) is 10.7. The lowest BCUT2D eigenvalue weighted by Gasteiger charge is -2.51. The number of fused-ring (bicyclic) bond motifs is 9. The molecule has 6 aliphatic rings. The number of hydrogen-bond acceptors (Lipinski definition) is 10. The van der Waals surface area contributed by atoms with E-state index in [4.69, 9.17) is 39.1 Å². The number of piperidine rings is 6. The Bertz CT molecular complexity index is 2480. The predicted octanol–water partition coefficient (Wildman–Crippen LogP) is 9.00. The first kappa shape index (κ1) is 37.0. The smallest absolute Gasteiger partial charge is 0.242 e. The van der Waals surface area contributed by atoms with Gasteiger partial charge in [-0.15, -0.1) is 16.8 Å². The number of aromatic nitrogens is 4. The molecule has 3 aromatic carbocycles. The summed E-state index contributed by atoms with van der Waals surface area (Å²) in [4.78, 5) is 14.7. The van der Waals surface area contributed by atoms with Crippen molar-refractivity contribution in [3.05, 3.63) is 109 Å². The van der Waals surface area contributed by atoms with Gasteiger partial charge < -0.3 is 18.9 Å². The molecule has 10 atom stereocenters. The average molecular weight is 777 g/mol. The molecule has 10 heteroatoms. The number of nitrogens with zero attached hydrogens (tertiary/aromatic N) is 6. The van der Waals surface area contributed by atoms with Gasteiger partial charge in [0.15, 0.2) is 0 Å². The quantitative estimate of drug-likeness (QED) is 0.112. The number of methoxy groups -OCH3 is 2. The van der Waals surface area contributed by atoms with Gasteiger partial charge in [0.1, 0.15) is 23.7 Å². The van der Waals surface area contributed by atoms with Crippen LogP contribution in [0.15, 0.2) is 97.8 Å². The highest BCUT2D eigenvalue weighted by atomic mass is 16.5. The lowest BCUT2D eigenvalue weighted by Crippen LogP contribution is -2.56. The van der Waals surface area contributed by atoms with E-state index in [9.17, 15) is 0 Å². The predicted molar refractivity (Wildman–Crippen MR) is 227 cm³/mol. The van der Waals surface area contributed by atoms with Gasteiger partial charge in [0.05, 0.1) is 48.1 Å². The SMILES string of the molecule is C=C[C@H]1CN2CC[C@H]1C[C@@H]2C(Oc1nnc(OC(c2ccnc3ccc(OC)cc23)[C@H]2C[C@@H]3CCN2C[C@@H]3CC)c2ccccc12)c1ccnc2ccc(OC)cc12. The van der Waals surface area contributed by atoms with Crippen LogP contribution in [-0.4, -0.2) is 82.4 Å². The molecule has 0 aliphatic carbocycles. The van der Waals surface area contributed by atoms with Gasteiger partial charge in [-0.2, -0.15) is 0 Å². The molecule has 0 spiro atoms. The van der Waals surface area contributed by atoms with Crippen LogP contribution in [0.3, 0.4) is 0 Å². The number of benzene rings is 3. The molecule has 4 bridgehead atoms. The second-order valence-electron chi connectivity index (χ2n) is 16.8. The minimum atomic E-state index is -0.335. The van der Waals surface area contributed by atoms with Gasteiger partial charge in [0.25, 0.3) is 0 Å². The first-order chi connectivity index (χ1) is 28.5. The zero-order chi connectivity index (χ0) is 39.3. The van der Waals surface area contributed by atoms with E-state index in [1.54, 1.807) is 14.2 Å². The maximum Gasteiger partial charge on any atom is 0.242 e. The summed E-state index contributed by atoms with van der Waals surface area (Å²) >= 11 is 0. The number of ether oxygens (including phenoxy) is 4. The Hall–Kier alpha value is -5.32. The highest BCUT2D eigenvalue weighted by Gasteiger charge is 2.46. The minimum absolute atomic E-state index is 0.132. The summed E-state index contributed by atoms with van der Waals surface area (Å²) in [6.07, 6.45) is 11.0. The fourth-order valence-corrected chi connectivity index (χ4v) is 10.9. The zero-order valence-electron chi connectivity index (χ0n) is 33.7. The van der Waals surface area contributed by atoms with Crippen LogP contribution in [0.4, 0.5) is 0 Å². The normalized spacial score (nSPS) is 27.4. The molecule has 6 aliphatic heterocycles. The second kappa shape index (κ2) is 15.5. The molecule has 6 aromatic rings. The topological polar surface area (TPSA) is 95.0 Å². The van der Waals surface area contributed by atoms with Crippen molar-refractivity contribution >= 4 is 32.6 Å². The van der Waals surface area contributed by atoms with E-state index in [-0.39, 0.29) is 24.3 Å². The summed E-state index contributed by atoms with van der Waals surface area (Å²) in [5.74, 6) is 4.98. The van der Waals surface area contributed by atoms with Crippen molar-refractivity contribution in [3.63, 3.8) is 0 Å². The molecule has 12 rings (SSSR count). The molecule has 3 aromatic heterocycles. The molecule has 0 amide bonds.